The second kappa shape index (κ2) is 7.66. The van der Waals surface area contributed by atoms with E-state index in [2.05, 4.69) is 5.10 Å². The summed E-state index contributed by atoms with van der Waals surface area (Å²) in [7, 11) is -2.56. The van der Waals surface area contributed by atoms with Crippen LogP contribution in [0.25, 0.3) is 16.9 Å². The molecule has 0 amide bonds. The molecule has 1 aromatic heterocycles. The number of nitrogens with two attached hydrogens (primary N) is 1. The monoisotopic (exact) mass is 409 g/mol. The maximum Gasteiger partial charge on any atom is 0.282 e. The molecule has 148 valence electrons. The molecule has 3 rings (SSSR count). The Kier molecular flexibility index (Phi) is 5.45. The van der Waals surface area contributed by atoms with Crippen LogP contribution >= 0.6 is 0 Å². The first-order chi connectivity index (χ1) is 13.2. The third-order valence-electron chi connectivity index (χ3n) is 4.08. The van der Waals surface area contributed by atoms with Crippen LogP contribution in [0.1, 0.15) is 17.7 Å². The van der Waals surface area contributed by atoms with Gasteiger partial charge < -0.3 is 9.84 Å². The summed E-state index contributed by atoms with van der Waals surface area (Å²) in [6.07, 6.45) is -2.80. The van der Waals surface area contributed by atoms with Gasteiger partial charge in [-0.05, 0) is 42.0 Å². The second-order valence-electron chi connectivity index (χ2n) is 5.89. The number of nitrogens with zero attached hydrogens (tertiary/aromatic N) is 2. The first-order valence-electron chi connectivity index (χ1n) is 8.04. The maximum absolute atomic E-state index is 13.3. The second-order valence-corrected chi connectivity index (χ2v) is 7.42. The number of benzene rings is 2. The topological polar surface area (TPSA) is 107 Å². The minimum atomic E-state index is -4.05. The van der Waals surface area contributed by atoms with E-state index in [1.165, 1.54) is 36.1 Å². The van der Waals surface area contributed by atoms with Gasteiger partial charge in [0.15, 0.2) is 0 Å². The van der Waals surface area contributed by atoms with Crippen molar-refractivity contribution in [1.82, 2.24) is 9.78 Å². The van der Waals surface area contributed by atoms with Crippen LogP contribution in [0.2, 0.25) is 0 Å². The molecule has 0 spiro atoms. The zero-order valence-corrected chi connectivity index (χ0v) is 15.5. The predicted molar refractivity (Wildman–Crippen MR) is 97.8 cm³/mol. The molecule has 10 heteroatoms. The molecule has 0 radical (unpaired) electrons. The predicted octanol–water partition coefficient (Wildman–Crippen LogP) is 2.63. The first-order valence-corrected chi connectivity index (χ1v) is 9.58. The minimum absolute atomic E-state index is 0.0330. The van der Waals surface area contributed by atoms with Gasteiger partial charge in [0.1, 0.15) is 11.4 Å². The van der Waals surface area contributed by atoms with Crippen LogP contribution in [-0.4, -0.2) is 30.4 Å². The van der Waals surface area contributed by atoms with Crippen LogP contribution in [0.15, 0.2) is 53.4 Å². The average molecular weight is 409 g/mol. The molecule has 0 saturated carbocycles. The zero-order chi connectivity index (χ0) is 20.5. The molecule has 7 nitrogen and oxygen atoms in total. The molecule has 3 aromatic rings. The van der Waals surface area contributed by atoms with E-state index in [0.29, 0.717) is 22.7 Å². The van der Waals surface area contributed by atoms with Crippen LogP contribution in [-0.2, 0) is 16.6 Å². The molecule has 3 N–H and O–H groups in total. The highest BCUT2D eigenvalue weighted by Crippen LogP contribution is 2.31. The molecule has 0 unspecified atom stereocenters. The normalized spacial score (nSPS) is 11.8. The molecule has 0 saturated heterocycles. The van der Waals surface area contributed by atoms with E-state index >= 15 is 0 Å². The van der Waals surface area contributed by atoms with Crippen molar-refractivity contribution < 1.29 is 27.0 Å². The number of ether oxygens (including phenoxy) is 1. The Labute approximate surface area is 160 Å². The highest BCUT2D eigenvalue weighted by Gasteiger charge is 2.20. The summed E-state index contributed by atoms with van der Waals surface area (Å²) in [5, 5.41) is 18.6. The number of aromatic nitrogens is 2. The molecular weight excluding hydrogens is 392 g/mol. The van der Waals surface area contributed by atoms with Gasteiger partial charge in [-0.25, -0.2) is 27.0 Å². The molecule has 1 heterocycles. The van der Waals surface area contributed by atoms with Crippen molar-refractivity contribution in [2.24, 2.45) is 5.14 Å². The van der Waals surface area contributed by atoms with Crippen molar-refractivity contribution in [3.8, 4) is 22.7 Å². The van der Waals surface area contributed by atoms with Gasteiger partial charge in [-0.2, -0.15) is 5.10 Å². The van der Waals surface area contributed by atoms with E-state index in [9.17, 15) is 22.3 Å². The van der Waals surface area contributed by atoms with E-state index in [0.717, 1.165) is 0 Å². The number of aliphatic hydroxyl groups is 1. The number of halogens is 2. The van der Waals surface area contributed by atoms with Crippen molar-refractivity contribution in [3.63, 3.8) is 0 Å². The molecular formula is C18H17F2N3O4S. The summed E-state index contributed by atoms with van der Waals surface area (Å²) in [6.45, 7) is -0.600. The van der Waals surface area contributed by atoms with Gasteiger partial charge >= 0.3 is 0 Å². The Bertz CT molecular complexity index is 1110. The van der Waals surface area contributed by atoms with E-state index < -0.39 is 28.7 Å². The Morgan fingerprint density at radius 1 is 1.21 bits per heavy atom. The van der Waals surface area contributed by atoms with E-state index in [-0.39, 0.29) is 10.5 Å². The molecule has 0 aliphatic rings. The molecule has 0 fully saturated rings. The third kappa shape index (κ3) is 3.88. The van der Waals surface area contributed by atoms with Crippen LogP contribution in [0.4, 0.5) is 8.78 Å². The van der Waals surface area contributed by atoms with Crippen molar-refractivity contribution in [2.75, 3.05) is 7.11 Å². The molecule has 0 aliphatic carbocycles. The summed E-state index contributed by atoms with van der Waals surface area (Å²) >= 11 is 0. The summed E-state index contributed by atoms with van der Waals surface area (Å²) in [4.78, 5) is -0.247. The van der Waals surface area contributed by atoms with Gasteiger partial charge in [0, 0.05) is 5.56 Å². The van der Waals surface area contributed by atoms with E-state index in [4.69, 9.17) is 9.88 Å². The fraction of sp³-hybridized carbons (Fsp3) is 0.167. The molecule has 2 aromatic carbocycles. The fourth-order valence-corrected chi connectivity index (χ4v) is 3.54. The number of sulfonamides is 1. The maximum atomic E-state index is 13.3. The van der Waals surface area contributed by atoms with Gasteiger partial charge in [0.2, 0.25) is 10.0 Å². The minimum Gasteiger partial charge on any atom is -0.497 e. The van der Waals surface area contributed by atoms with Crippen molar-refractivity contribution in [1.29, 1.82) is 0 Å². The highest BCUT2D eigenvalue weighted by molar-refractivity contribution is 7.89. The summed E-state index contributed by atoms with van der Waals surface area (Å²) in [5.74, 6) is 0.532. The van der Waals surface area contributed by atoms with Crippen molar-refractivity contribution in [3.05, 3.63) is 59.8 Å². The third-order valence-corrected chi connectivity index (χ3v) is 5.09. The van der Waals surface area contributed by atoms with E-state index in [1.54, 1.807) is 24.3 Å². The van der Waals surface area contributed by atoms with Gasteiger partial charge in [-0.1, -0.05) is 12.1 Å². The van der Waals surface area contributed by atoms with Crippen LogP contribution in [0, 0.1) is 0 Å². The van der Waals surface area contributed by atoms with Crippen LogP contribution < -0.4 is 9.88 Å². The van der Waals surface area contributed by atoms with Gasteiger partial charge in [0.25, 0.3) is 6.43 Å². The lowest BCUT2D eigenvalue weighted by molar-refractivity contribution is 0.145. The lowest BCUT2D eigenvalue weighted by Crippen LogP contribution is -2.15. The van der Waals surface area contributed by atoms with Gasteiger partial charge in [-0.3, -0.25) is 0 Å². The number of primary sulfonamides is 1. The lowest BCUT2D eigenvalue weighted by atomic mass is 10.1. The summed E-state index contributed by atoms with van der Waals surface area (Å²) in [6, 6.07) is 11.9. The average Bonchev–Trinajstić information content (AvgIpc) is 3.12. The Balaban J connectivity index is 2.21. The number of hydrogen-bond donors (Lipinski definition) is 2. The Morgan fingerprint density at radius 3 is 2.57 bits per heavy atom. The van der Waals surface area contributed by atoms with Gasteiger partial charge in [0.05, 0.1) is 30.0 Å². The van der Waals surface area contributed by atoms with Crippen LogP contribution in [0.5, 0.6) is 5.75 Å². The van der Waals surface area contributed by atoms with Crippen LogP contribution in [0.3, 0.4) is 0 Å². The molecule has 0 aliphatic heterocycles. The first kappa shape index (κ1) is 19.9. The molecule has 0 bridgehead atoms. The fourth-order valence-electron chi connectivity index (χ4n) is 2.79. The van der Waals surface area contributed by atoms with Crippen molar-refractivity contribution >= 4 is 10.0 Å². The quantitative estimate of drug-likeness (QED) is 0.651. The Hall–Kier alpha value is -2.82. The highest BCUT2D eigenvalue weighted by atomic mass is 32.2. The summed E-state index contributed by atoms with van der Waals surface area (Å²) in [5.41, 5.74) is 0.798. The van der Waals surface area contributed by atoms with Gasteiger partial charge in [-0.15, -0.1) is 0 Å². The number of alkyl halides is 2. The molecule has 0 atom stereocenters. The SMILES string of the molecule is COc1cccc(-c2cc(C(F)F)nn2-c2ccc(S(N)(=O)=O)c(CO)c2)c1. The van der Waals surface area contributed by atoms with Crippen molar-refractivity contribution in [2.45, 2.75) is 17.9 Å². The lowest BCUT2D eigenvalue weighted by Gasteiger charge is -2.12. The Morgan fingerprint density at radius 2 is 1.96 bits per heavy atom. The number of methoxy groups -OCH3 is 1. The number of hydrogen-bond acceptors (Lipinski definition) is 5. The largest absolute Gasteiger partial charge is 0.497 e. The summed E-state index contributed by atoms with van der Waals surface area (Å²) < 4.78 is 56.2. The smallest absolute Gasteiger partial charge is 0.282 e. The zero-order valence-electron chi connectivity index (χ0n) is 14.7. The number of rotatable bonds is 6. The standard InChI is InChI=1S/C18H17F2N3O4S/c1-27-14-4-2-3-11(8-14)16-9-15(18(19)20)22-23(16)13-5-6-17(28(21,25)26)12(7-13)10-24/h2-9,18,24H,10H2,1H3,(H2,21,25,26). The number of aliphatic hydroxyl groups excluding tert-OH is 1. The molecule has 28 heavy (non-hydrogen) atoms. The van der Waals surface area contributed by atoms with E-state index in [1.807, 2.05) is 0 Å².